The molecule has 6 heteroatoms. The Hall–Kier alpha value is -0.840. The monoisotopic (exact) mass is 317 g/mol. The summed E-state index contributed by atoms with van der Waals surface area (Å²) in [6.07, 6.45) is 3.12. The van der Waals surface area contributed by atoms with Crippen molar-refractivity contribution >= 4 is 50.6 Å². The SMILES string of the molecule is Clc1ccc(Nc2ncncc2Br)cc1Cl. The second-order valence-corrected chi connectivity index (χ2v) is 4.64. The Labute approximate surface area is 111 Å². The van der Waals surface area contributed by atoms with Gasteiger partial charge in [0.15, 0.2) is 0 Å². The summed E-state index contributed by atoms with van der Waals surface area (Å²) in [5.41, 5.74) is 0.814. The van der Waals surface area contributed by atoms with Crippen LogP contribution in [-0.4, -0.2) is 9.97 Å². The van der Waals surface area contributed by atoms with Gasteiger partial charge >= 0.3 is 0 Å². The number of nitrogens with one attached hydrogen (secondary N) is 1. The van der Waals surface area contributed by atoms with Crippen LogP contribution in [0, 0.1) is 0 Å². The maximum absolute atomic E-state index is 5.90. The summed E-state index contributed by atoms with van der Waals surface area (Å²) in [5.74, 6) is 0.674. The third-order valence-electron chi connectivity index (χ3n) is 1.85. The first-order chi connectivity index (χ1) is 7.66. The van der Waals surface area contributed by atoms with E-state index < -0.39 is 0 Å². The molecule has 1 N–H and O–H groups in total. The van der Waals surface area contributed by atoms with Crippen molar-refractivity contribution in [2.24, 2.45) is 0 Å². The summed E-state index contributed by atoms with van der Waals surface area (Å²) in [5, 5.41) is 4.12. The minimum Gasteiger partial charge on any atom is -0.339 e. The van der Waals surface area contributed by atoms with E-state index in [0.717, 1.165) is 10.2 Å². The molecule has 1 aromatic carbocycles. The minimum absolute atomic E-state index is 0.497. The van der Waals surface area contributed by atoms with Crippen molar-refractivity contribution in [3.63, 3.8) is 0 Å². The van der Waals surface area contributed by atoms with Crippen molar-refractivity contribution in [3.8, 4) is 0 Å². The second kappa shape index (κ2) is 4.99. The van der Waals surface area contributed by atoms with Crippen molar-refractivity contribution in [2.45, 2.75) is 0 Å². The molecule has 0 fully saturated rings. The topological polar surface area (TPSA) is 37.8 Å². The minimum atomic E-state index is 0.497. The highest BCUT2D eigenvalue weighted by atomic mass is 79.9. The number of halogens is 3. The summed E-state index contributed by atoms with van der Waals surface area (Å²) in [7, 11) is 0. The van der Waals surface area contributed by atoms with E-state index in [4.69, 9.17) is 23.2 Å². The molecule has 0 aliphatic heterocycles. The maximum atomic E-state index is 5.90. The zero-order valence-electron chi connectivity index (χ0n) is 7.92. The third-order valence-corrected chi connectivity index (χ3v) is 3.17. The van der Waals surface area contributed by atoms with Gasteiger partial charge in [-0.1, -0.05) is 23.2 Å². The van der Waals surface area contributed by atoms with Gasteiger partial charge in [0, 0.05) is 11.9 Å². The lowest BCUT2D eigenvalue weighted by Crippen LogP contribution is -1.95. The first-order valence-electron chi connectivity index (χ1n) is 4.34. The molecule has 0 unspecified atom stereocenters. The second-order valence-electron chi connectivity index (χ2n) is 2.97. The van der Waals surface area contributed by atoms with E-state index in [9.17, 15) is 0 Å². The van der Waals surface area contributed by atoms with Crippen LogP contribution in [0.3, 0.4) is 0 Å². The molecule has 0 saturated heterocycles. The molecule has 0 saturated carbocycles. The van der Waals surface area contributed by atoms with E-state index in [-0.39, 0.29) is 0 Å². The van der Waals surface area contributed by atoms with Gasteiger partial charge in [0.2, 0.25) is 0 Å². The predicted octanol–water partition coefficient (Wildman–Crippen LogP) is 4.29. The molecular weight excluding hydrogens is 313 g/mol. The van der Waals surface area contributed by atoms with Gasteiger partial charge in [-0.15, -0.1) is 0 Å². The molecule has 2 rings (SSSR count). The lowest BCUT2D eigenvalue weighted by molar-refractivity contribution is 1.15. The lowest BCUT2D eigenvalue weighted by atomic mass is 10.3. The highest BCUT2D eigenvalue weighted by Crippen LogP contribution is 2.28. The van der Waals surface area contributed by atoms with E-state index in [2.05, 4.69) is 31.2 Å². The van der Waals surface area contributed by atoms with Gasteiger partial charge in [-0.05, 0) is 34.1 Å². The molecule has 0 bridgehead atoms. The summed E-state index contributed by atoms with van der Waals surface area (Å²) in [6.45, 7) is 0. The Morgan fingerprint density at radius 1 is 1.19 bits per heavy atom. The fourth-order valence-electron chi connectivity index (χ4n) is 1.12. The molecule has 0 spiro atoms. The van der Waals surface area contributed by atoms with Crippen molar-refractivity contribution < 1.29 is 0 Å². The van der Waals surface area contributed by atoms with Crippen LogP contribution in [0.2, 0.25) is 10.0 Å². The molecule has 1 aromatic heterocycles. The van der Waals surface area contributed by atoms with E-state index in [1.807, 2.05) is 6.07 Å². The van der Waals surface area contributed by atoms with Crippen LogP contribution < -0.4 is 5.32 Å². The Balaban J connectivity index is 2.28. The molecule has 16 heavy (non-hydrogen) atoms. The van der Waals surface area contributed by atoms with E-state index >= 15 is 0 Å². The number of hydrogen-bond acceptors (Lipinski definition) is 3. The normalized spacial score (nSPS) is 10.2. The standard InChI is InChI=1S/C10H6BrCl2N3/c11-7-4-14-5-15-10(7)16-6-1-2-8(12)9(13)3-6/h1-5H,(H,14,15,16). The van der Waals surface area contributed by atoms with Gasteiger partial charge in [-0.3, -0.25) is 0 Å². The molecule has 0 aliphatic carbocycles. The first-order valence-corrected chi connectivity index (χ1v) is 5.89. The quantitative estimate of drug-likeness (QED) is 0.897. The Morgan fingerprint density at radius 3 is 2.69 bits per heavy atom. The van der Waals surface area contributed by atoms with Crippen molar-refractivity contribution in [3.05, 3.63) is 45.2 Å². The molecule has 3 nitrogen and oxygen atoms in total. The van der Waals surface area contributed by atoms with Gasteiger partial charge in [-0.25, -0.2) is 9.97 Å². The molecule has 2 aromatic rings. The summed E-state index contributed by atoms with van der Waals surface area (Å²) in [6, 6.07) is 5.28. The average Bonchev–Trinajstić information content (AvgIpc) is 2.27. The summed E-state index contributed by atoms with van der Waals surface area (Å²) in [4.78, 5) is 7.95. The number of nitrogens with zero attached hydrogens (tertiary/aromatic N) is 2. The van der Waals surface area contributed by atoms with Gasteiger partial charge in [0.25, 0.3) is 0 Å². The smallest absolute Gasteiger partial charge is 0.148 e. The van der Waals surface area contributed by atoms with Crippen molar-refractivity contribution in [1.82, 2.24) is 9.97 Å². The van der Waals surface area contributed by atoms with Crippen LogP contribution in [0.1, 0.15) is 0 Å². The maximum Gasteiger partial charge on any atom is 0.148 e. The molecule has 0 radical (unpaired) electrons. The van der Waals surface area contributed by atoms with Gasteiger partial charge in [0.05, 0.1) is 14.5 Å². The van der Waals surface area contributed by atoms with Crippen LogP contribution in [0.4, 0.5) is 11.5 Å². The molecule has 82 valence electrons. The molecular formula is C10H6BrCl2N3. The molecule has 1 heterocycles. The highest BCUT2D eigenvalue weighted by molar-refractivity contribution is 9.10. The first kappa shape index (κ1) is 11.6. The zero-order valence-corrected chi connectivity index (χ0v) is 11.0. The largest absolute Gasteiger partial charge is 0.339 e. The van der Waals surface area contributed by atoms with Crippen LogP contribution >= 0.6 is 39.1 Å². The van der Waals surface area contributed by atoms with Crippen LogP contribution in [0.15, 0.2) is 35.2 Å². The van der Waals surface area contributed by atoms with Gasteiger partial charge in [0.1, 0.15) is 12.1 Å². The van der Waals surface area contributed by atoms with E-state index in [1.54, 1.807) is 18.3 Å². The third kappa shape index (κ3) is 2.64. The van der Waals surface area contributed by atoms with Crippen LogP contribution in [0.25, 0.3) is 0 Å². The number of aromatic nitrogens is 2. The molecule has 0 atom stereocenters. The summed E-state index contributed by atoms with van der Waals surface area (Å²) < 4.78 is 0.779. The van der Waals surface area contributed by atoms with Gasteiger partial charge < -0.3 is 5.32 Å². The van der Waals surface area contributed by atoms with Crippen molar-refractivity contribution in [1.29, 1.82) is 0 Å². The van der Waals surface area contributed by atoms with Crippen LogP contribution in [0.5, 0.6) is 0 Å². The predicted molar refractivity (Wildman–Crippen MR) is 69.5 cm³/mol. The number of hydrogen-bond donors (Lipinski definition) is 1. The Bertz CT molecular complexity index is 519. The Kier molecular flexibility index (Phi) is 3.63. The fraction of sp³-hybridized carbons (Fsp3) is 0. The van der Waals surface area contributed by atoms with E-state index in [1.165, 1.54) is 6.33 Å². The number of anilines is 2. The highest BCUT2D eigenvalue weighted by Gasteiger charge is 2.03. The average molecular weight is 319 g/mol. The molecule has 0 amide bonds. The van der Waals surface area contributed by atoms with E-state index in [0.29, 0.717) is 15.9 Å². The number of benzene rings is 1. The number of rotatable bonds is 2. The van der Waals surface area contributed by atoms with Gasteiger partial charge in [-0.2, -0.15) is 0 Å². The Morgan fingerprint density at radius 2 is 2.00 bits per heavy atom. The lowest BCUT2D eigenvalue weighted by Gasteiger charge is -2.07. The zero-order chi connectivity index (χ0) is 11.5. The fourth-order valence-corrected chi connectivity index (χ4v) is 1.73. The molecule has 0 aliphatic rings. The summed E-state index contributed by atoms with van der Waals surface area (Å²) >= 11 is 15.1. The van der Waals surface area contributed by atoms with Crippen molar-refractivity contribution in [2.75, 3.05) is 5.32 Å². The van der Waals surface area contributed by atoms with Crippen LogP contribution in [-0.2, 0) is 0 Å².